The van der Waals surface area contributed by atoms with Gasteiger partial charge in [0.2, 0.25) is 5.91 Å². The summed E-state index contributed by atoms with van der Waals surface area (Å²) in [5.74, 6) is -0.666. The number of primary amides is 1. The molecule has 0 saturated heterocycles. The van der Waals surface area contributed by atoms with Gasteiger partial charge in [-0.2, -0.15) is 0 Å². The van der Waals surface area contributed by atoms with Gasteiger partial charge in [0.05, 0.1) is 0 Å². The number of hydrogen-bond donors (Lipinski definition) is 2. The quantitative estimate of drug-likeness (QED) is 0.886. The SMILES string of the molecule is Cc1c(NC(C)Cc2cccc(F)c2)cccc1C(N)=O. The van der Waals surface area contributed by atoms with Gasteiger partial charge in [0.25, 0.3) is 0 Å². The molecule has 0 bridgehead atoms. The number of amides is 1. The van der Waals surface area contributed by atoms with E-state index in [-0.39, 0.29) is 11.9 Å². The van der Waals surface area contributed by atoms with Crippen molar-refractivity contribution in [3.05, 3.63) is 65.0 Å². The van der Waals surface area contributed by atoms with Crippen LogP contribution in [0.1, 0.15) is 28.4 Å². The molecule has 3 nitrogen and oxygen atoms in total. The van der Waals surface area contributed by atoms with Crippen LogP contribution in [0.4, 0.5) is 10.1 Å². The predicted molar refractivity (Wildman–Crippen MR) is 82.9 cm³/mol. The Labute approximate surface area is 124 Å². The number of carbonyl (C=O) groups excluding carboxylic acids is 1. The van der Waals surface area contributed by atoms with Crippen LogP contribution in [0.5, 0.6) is 0 Å². The first-order valence-electron chi connectivity index (χ1n) is 6.87. The van der Waals surface area contributed by atoms with Crippen LogP contribution >= 0.6 is 0 Å². The molecule has 0 aliphatic heterocycles. The van der Waals surface area contributed by atoms with Gasteiger partial charge < -0.3 is 11.1 Å². The van der Waals surface area contributed by atoms with Gasteiger partial charge in [-0.05, 0) is 55.7 Å². The molecule has 0 aromatic heterocycles. The molecular formula is C17H19FN2O. The van der Waals surface area contributed by atoms with Gasteiger partial charge >= 0.3 is 0 Å². The molecule has 2 rings (SSSR count). The molecule has 3 N–H and O–H groups in total. The zero-order valence-corrected chi connectivity index (χ0v) is 12.2. The fourth-order valence-electron chi connectivity index (χ4n) is 2.39. The van der Waals surface area contributed by atoms with Crippen molar-refractivity contribution in [2.75, 3.05) is 5.32 Å². The topological polar surface area (TPSA) is 55.1 Å². The summed E-state index contributed by atoms with van der Waals surface area (Å²) in [5, 5.41) is 3.34. The zero-order chi connectivity index (χ0) is 15.4. The highest BCUT2D eigenvalue weighted by Crippen LogP contribution is 2.20. The second-order valence-electron chi connectivity index (χ2n) is 5.22. The molecule has 0 radical (unpaired) electrons. The minimum Gasteiger partial charge on any atom is -0.382 e. The van der Waals surface area contributed by atoms with E-state index in [4.69, 9.17) is 5.73 Å². The van der Waals surface area contributed by atoms with E-state index >= 15 is 0 Å². The Hall–Kier alpha value is -2.36. The average Bonchev–Trinajstić information content (AvgIpc) is 2.40. The Bertz CT molecular complexity index is 655. The molecule has 0 aliphatic rings. The standard InChI is InChI=1S/C17H19FN2O/c1-11(9-13-5-3-6-14(18)10-13)20-16-8-4-7-15(12(16)2)17(19)21/h3-8,10-11,20H,9H2,1-2H3,(H2,19,21). The average molecular weight is 286 g/mol. The van der Waals surface area contributed by atoms with Gasteiger partial charge in [0.1, 0.15) is 5.82 Å². The van der Waals surface area contributed by atoms with Crippen LogP contribution in [0, 0.1) is 12.7 Å². The minimum absolute atomic E-state index is 0.105. The van der Waals surface area contributed by atoms with Crippen LogP contribution in [-0.4, -0.2) is 11.9 Å². The third kappa shape index (κ3) is 3.81. The normalized spacial score (nSPS) is 12.0. The lowest BCUT2D eigenvalue weighted by molar-refractivity contribution is 0.0999. The van der Waals surface area contributed by atoms with E-state index in [0.717, 1.165) is 16.8 Å². The van der Waals surface area contributed by atoms with Gasteiger partial charge in [-0.25, -0.2) is 4.39 Å². The summed E-state index contributed by atoms with van der Waals surface area (Å²) >= 11 is 0. The lowest BCUT2D eigenvalue weighted by Gasteiger charge is -2.18. The maximum Gasteiger partial charge on any atom is 0.249 e. The molecule has 1 unspecified atom stereocenters. The van der Waals surface area contributed by atoms with Crippen LogP contribution in [0.15, 0.2) is 42.5 Å². The fourth-order valence-corrected chi connectivity index (χ4v) is 2.39. The summed E-state index contributed by atoms with van der Waals surface area (Å²) in [4.78, 5) is 11.3. The first-order valence-corrected chi connectivity index (χ1v) is 6.87. The Balaban J connectivity index is 2.11. The number of halogens is 1. The van der Waals surface area contributed by atoms with Crippen molar-refractivity contribution < 1.29 is 9.18 Å². The second-order valence-corrected chi connectivity index (χ2v) is 5.22. The highest BCUT2D eigenvalue weighted by atomic mass is 19.1. The molecule has 2 aromatic rings. The van der Waals surface area contributed by atoms with E-state index in [2.05, 4.69) is 5.32 Å². The smallest absolute Gasteiger partial charge is 0.249 e. The van der Waals surface area contributed by atoms with Gasteiger partial charge in [-0.15, -0.1) is 0 Å². The Morgan fingerprint density at radius 2 is 2.00 bits per heavy atom. The van der Waals surface area contributed by atoms with Crippen LogP contribution in [-0.2, 0) is 6.42 Å². The number of carbonyl (C=O) groups is 1. The van der Waals surface area contributed by atoms with E-state index in [0.29, 0.717) is 12.0 Å². The lowest BCUT2D eigenvalue weighted by atomic mass is 10.0. The molecule has 0 aliphatic carbocycles. The van der Waals surface area contributed by atoms with E-state index in [1.165, 1.54) is 12.1 Å². The molecule has 110 valence electrons. The molecule has 0 heterocycles. The number of benzene rings is 2. The van der Waals surface area contributed by atoms with Crippen LogP contribution < -0.4 is 11.1 Å². The largest absolute Gasteiger partial charge is 0.382 e. The zero-order valence-electron chi connectivity index (χ0n) is 12.2. The Morgan fingerprint density at radius 3 is 2.67 bits per heavy atom. The van der Waals surface area contributed by atoms with Crippen molar-refractivity contribution in [1.29, 1.82) is 0 Å². The Morgan fingerprint density at radius 1 is 1.29 bits per heavy atom. The monoisotopic (exact) mass is 286 g/mol. The highest BCUT2D eigenvalue weighted by Gasteiger charge is 2.11. The summed E-state index contributed by atoms with van der Waals surface area (Å²) in [6, 6.07) is 12.1. The molecule has 21 heavy (non-hydrogen) atoms. The highest BCUT2D eigenvalue weighted by molar-refractivity contribution is 5.95. The second kappa shape index (κ2) is 6.39. The molecular weight excluding hydrogens is 267 g/mol. The predicted octanol–water partition coefficient (Wildman–Crippen LogP) is 3.28. The van der Waals surface area contributed by atoms with Crippen LogP contribution in [0.2, 0.25) is 0 Å². The van der Waals surface area contributed by atoms with Crippen molar-refractivity contribution in [2.24, 2.45) is 5.73 Å². The number of anilines is 1. The van der Waals surface area contributed by atoms with Crippen molar-refractivity contribution in [3.8, 4) is 0 Å². The summed E-state index contributed by atoms with van der Waals surface area (Å²) in [5.41, 5.74) is 8.49. The molecule has 0 fully saturated rings. The molecule has 4 heteroatoms. The minimum atomic E-state index is -0.436. The van der Waals surface area contributed by atoms with Gasteiger partial charge in [0, 0.05) is 17.3 Å². The summed E-state index contributed by atoms with van der Waals surface area (Å²) in [7, 11) is 0. The molecule has 2 aromatic carbocycles. The summed E-state index contributed by atoms with van der Waals surface area (Å²) in [6.45, 7) is 3.87. The van der Waals surface area contributed by atoms with Gasteiger partial charge in [0.15, 0.2) is 0 Å². The van der Waals surface area contributed by atoms with E-state index in [1.807, 2.05) is 26.0 Å². The van der Waals surface area contributed by atoms with Crippen molar-refractivity contribution in [2.45, 2.75) is 26.3 Å². The number of nitrogens with two attached hydrogens (primary N) is 1. The molecule has 1 amide bonds. The van der Waals surface area contributed by atoms with Gasteiger partial charge in [-0.1, -0.05) is 18.2 Å². The van der Waals surface area contributed by atoms with Crippen molar-refractivity contribution >= 4 is 11.6 Å². The summed E-state index contributed by atoms with van der Waals surface area (Å²) < 4.78 is 13.2. The number of hydrogen-bond acceptors (Lipinski definition) is 2. The van der Waals surface area contributed by atoms with Crippen LogP contribution in [0.3, 0.4) is 0 Å². The van der Waals surface area contributed by atoms with E-state index in [9.17, 15) is 9.18 Å². The fraction of sp³-hybridized carbons (Fsp3) is 0.235. The molecule has 0 spiro atoms. The lowest BCUT2D eigenvalue weighted by Crippen LogP contribution is -2.20. The van der Waals surface area contributed by atoms with Gasteiger partial charge in [-0.3, -0.25) is 4.79 Å². The number of nitrogens with one attached hydrogen (secondary N) is 1. The maximum absolute atomic E-state index is 13.2. The van der Waals surface area contributed by atoms with Crippen LogP contribution in [0.25, 0.3) is 0 Å². The first-order chi connectivity index (χ1) is 9.97. The molecule has 0 saturated carbocycles. The van der Waals surface area contributed by atoms with E-state index < -0.39 is 5.91 Å². The molecule has 1 atom stereocenters. The van der Waals surface area contributed by atoms with Crippen molar-refractivity contribution in [3.63, 3.8) is 0 Å². The number of rotatable bonds is 5. The third-order valence-electron chi connectivity index (χ3n) is 3.43. The van der Waals surface area contributed by atoms with Crippen molar-refractivity contribution in [1.82, 2.24) is 0 Å². The Kier molecular flexibility index (Phi) is 4.58. The third-order valence-corrected chi connectivity index (χ3v) is 3.43. The summed E-state index contributed by atoms with van der Waals surface area (Å²) in [6.07, 6.45) is 0.692. The van der Waals surface area contributed by atoms with E-state index in [1.54, 1.807) is 18.2 Å². The maximum atomic E-state index is 13.2. The first kappa shape index (κ1) is 15.0.